The van der Waals surface area contributed by atoms with Gasteiger partial charge in [-0.2, -0.15) is 0 Å². The van der Waals surface area contributed by atoms with Gasteiger partial charge in [-0.25, -0.2) is 0 Å². The second-order valence-corrected chi connectivity index (χ2v) is 12.3. The van der Waals surface area contributed by atoms with Crippen LogP contribution in [0.15, 0.2) is 0 Å². The first-order chi connectivity index (χ1) is 17.8. The molecule has 0 heterocycles. The number of carbonyl (C=O) groups excluding carboxylic acids is 2. The van der Waals surface area contributed by atoms with Crippen molar-refractivity contribution >= 4 is 11.9 Å². The van der Waals surface area contributed by atoms with Gasteiger partial charge in [0.15, 0.2) is 0 Å². The van der Waals surface area contributed by atoms with Crippen molar-refractivity contribution in [1.82, 2.24) is 0 Å². The third-order valence-corrected chi connectivity index (χ3v) is 7.22. The van der Waals surface area contributed by atoms with Gasteiger partial charge in [0, 0.05) is 12.8 Å². The summed E-state index contributed by atoms with van der Waals surface area (Å²) in [4.78, 5) is 23.7. The zero-order valence-electron chi connectivity index (χ0n) is 25.6. The molecule has 37 heavy (non-hydrogen) atoms. The van der Waals surface area contributed by atoms with Crippen molar-refractivity contribution < 1.29 is 19.1 Å². The highest BCUT2D eigenvalue weighted by Gasteiger charge is 2.10. The molecule has 0 aliphatic rings. The molecular weight excluding hydrogens is 460 g/mol. The highest BCUT2D eigenvalue weighted by molar-refractivity contribution is 5.69. The molecule has 0 aromatic heterocycles. The van der Waals surface area contributed by atoms with E-state index in [1.165, 1.54) is 77.0 Å². The number of ether oxygens (including phenoxy) is 2. The predicted octanol–water partition coefficient (Wildman–Crippen LogP) is 10.2. The lowest BCUT2D eigenvalue weighted by molar-refractivity contribution is -0.145. The molecule has 0 saturated heterocycles. The van der Waals surface area contributed by atoms with Crippen LogP contribution in [0.25, 0.3) is 0 Å². The summed E-state index contributed by atoms with van der Waals surface area (Å²) in [6.45, 7) is 12.3. The van der Waals surface area contributed by atoms with Crippen molar-refractivity contribution in [2.45, 2.75) is 169 Å². The molecule has 0 rings (SSSR count). The van der Waals surface area contributed by atoms with Gasteiger partial charge >= 0.3 is 11.9 Å². The van der Waals surface area contributed by atoms with Crippen LogP contribution in [0.4, 0.5) is 0 Å². The van der Waals surface area contributed by atoms with E-state index in [1.807, 2.05) is 0 Å². The fourth-order valence-corrected chi connectivity index (χ4v) is 4.73. The normalized spacial score (nSPS) is 12.3. The molecule has 220 valence electrons. The van der Waals surface area contributed by atoms with E-state index < -0.39 is 0 Å². The largest absolute Gasteiger partial charge is 0.466 e. The highest BCUT2D eigenvalue weighted by Crippen LogP contribution is 2.17. The maximum Gasteiger partial charge on any atom is 0.306 e. The van der Waals surface area contributed by atoms with Crippen molar-refractivity contribution in [1.29, 1.82) is 0 Å². The summed E-state index contributed by atoms with van der Waals surface area (Å²) in [5.74, 6) is 1.88. The molecule has 4 nitrogen and oxygen atoms in total. The van der Waals surface area contributed by atoms with Gasteiger partial charge in [-0.05, 0) is 49.9 Å². The summed E-state index contributed by atoms with van der Waals surface area (Å²) < 4.78 is 10.7. The van der Waals surface area contributed by atoms with Crippen molar-refractivity contribution in [3.8, 4) is 0 Å². The zero-order chi connectivity index (χ0) is 27.6. The molecule has 0 N–H and O–H groups in total. The Hall–Kier alpha value is -1.06. The van der Waals surface area contributed by atoms with Gasteiger partial charge in [-0.1, -0.05) is 125 Å². The average molecular weight is 525 g/mol. The predicted molar refractivity (Wildman–Crippen MR) is 158 cm³/mol. The van der Waals surface area contributed by atoms with Crippen LogP contribution in [-0.4, -0.2) is 25.2 Å². The Kier molecular flexibility index (Phi) is 25.8. The van der Waals surface area contributed by atoms with Gasteiger partial charge in [-0.15, -0.1) is 0 Å². The van der Waals surface area contributed by atoms with Gasteiger partial charge in [0.2, 0.25) is 0 Å². The Balaban J connectivity index is 3.31. The molecule has 0 aromatic rings. The summed E-state index contributed by atoms with van der Waals surface area (Å²) in [6, 6.07) is 0. The molecule has 4 heteroatoms. The van der Waals surface area contributed by atoms with E-state index >= 15 is 0 Å². The lowest BCUT2D eigenvalue weighted by Crippen LogP contribution is -2.10. The second kappa shape index (κ2) is 26.5. The van der Waals surface area contributed by atoms with Crippen LogP contribution in [0.2, 0.25) is 0 Å². The molecule has 0 amide bonds. The summed E-state index contributed by atoms with van der Waals surface area (Å²) in [6.07, 6.45) is 24.2. The Morgan fingerprint density at radius 3 is 1.30 bits per heavy atom. The number of hydrogen-bond donors (Lipinski definition) is 0. The van der Waals surface area contributed by atoms with Crippen LogP contribution >= 0.6 is 0 Å². The number of unbranched alkanes of at least 4 members (excludes halogenated alkanes) is 13. The number of rotatable bonds is 27. The minimum atomic E-state index is -0.0116. The molecule has 0 radical (unpaired) electrons. The summed E-state index contributed by atoms with van der Waals surface area (Å²) in [5.41, 5.74) is 0. The molecule has 0 aliphatic carbocycles. The highest BCUT2D eigenvalue weighted by atomic mass is 16.5. The summed E-state index contributed by atoms with van der Waals surface area (Å²) in [5, 5.41) is 0. The Labute approximate surface area is 231 Å². The van der Waals surface area contributed by atoms with E-state index in [9.17, 15) is 9.59 Å². The molecule has 1 unspecified atom stereocenters. The van der Waals surface area contributed by atoms with Crippen molar-refractivity contribution in [3.05, 3.63) is 0 Å². The first-order valence-corrected chi connectivity index (χ1v) is 16.1. The van der Waals surface area contributed by atoms with E-state index in [2.05, 4.69) is 34.6 Å². The molecule has 0 saturated carbocycles. The van der Waals surface area contributed by atoms with Gasteiger partial charge in [0.05, 0.1) is 13.2 Å². The first kappa shape index (κ1) is 35.9. The van der Waals surface area contributed by atoms with E-state index in [4.69, 9.17) is 9.47 Å². The van der Waals surface area contributed by atoms with E-state index in [1.54, 1.807) is 0 Å². The maximum absolute atomic E-state index is 11.9. The molecule has 0 spiro atoms. The molecule has 1 atom stereocenters. The van der Waals surface area contributed by atoms with Crippen LogP contribution < -0.4 is 0 Å². The Bertz CT molecular complexity index is 514. The molecular formula is C33H64O4. The van der Waals surface area contributed by atoms with Crippen LogP contribution in [0.3, 0.4) is 0 Å². The fraction of sp³-hybridized carbons (Fsp3) is 0.939. The van der Waals surface area contributed by atoms with Gasteiger partial charge < -0.3 is 9.47 Å². The number of hydrogen-bond acceptors (Lipinski definition) is 4. The summed E-state index contributed by atoms with van der Waals surface area (Å²) >= 11 is 0. The van der Waals surface area contributed by atoms with E-state index in [-0.39, 0.29) is 11.9 Å². The minimum Gasteiger partial charge on any atom is -0.466 e. The topological polar surface area (TPSA) is 52.6 Å². The maximum atomic E-state index is 11.9. The third-order valence-electron chi connectivity index (χ3n) is 7.22. The lowest BCUT2D eigenvalue weighted by Gasteiger charge is -2.11. The standard InChI is InChI=1S/C33H64O4/c1-29(2)22-18-20-26-36-32(34)25-17-15-13-11-9-7-6-8-10-12-14-16-24-31(5)28-33(35)37-27-21-19-23-30(3)4/h29-31H,6-28H2,1-5H3. The number of carbonyl (C=O) groups is 2. The zero-order valence-corrected chi connectivity index (χ0v) is 25.6. The smallest absolute Gasteiger partial charge is 0.306 e. The average Bonchev–Trinajstić information content (AvgIpc) is 2.83. The van der Waals surface area contributed by atoms with Crippen molar-refractivity contribution in [2.24, 2.45) is 17.8 Å². The third kappa shape index (κ3) is 29.4. The lowest BCUT2D eigenvalue weighted by atomic mass is 9.98. The molecule has 0 aliphatic heterocycles. The monoisotopic (exact) mass is 524 g/mol. The SMILES string of the molecule is CC(C)CCCCOC(=O)CCCCCCCCCCCCCCC(C)CC(=O)OCCCCC(C)C. The van der Waals surface area contributed by atoms with Crippen LogP contribution in [0.5, 0.6) is 0 Å². The van der Waals surface area contributed by atoms with E-state index in [0.717, 1.165) is 56.8 Å². The van der Waals surface area contributed by atoms with Crippen LogP contribution in [0, 0.1) is 17.8 Å². The van der Waals surface area contributed by atoms with E-state index in [0.29, 0.717) is 32.0 Å². The number of esters is 2. The second-order valence-electron chi connectivity index (χ2n) is 12.3. The van der Waals surface area contributed by atoms with Crippen LogP contribution in [0.1, 0.15) is 169 Å². The summed E-state index contributed by atoms with van der Waals surface area (Å²) in [7, 11) is 0. The van der Waals surface area contributed by atoms with Crippen molar-refractivity contribution in [2.75, 3.05) is 13.2 Å². The quantitative estimate of drug-likeness (QED) is 0.0792. The Morgan fingerprint density at radius 1 is 0.459 bits per heavy atom. The molecule has 0 fully saturated rings. The first-order valence-electron chi connectivity index (χ1n) is 16.1. The van der Waals surface area contributed by atoms with Crippen LogP contribution in [-0.2, 0) is 19.1 Å². The Morgan fingerprint density at radius 2 is 0.838 bits per heavy atom. The fourth-order valence-electron chi connectivity index (χ4n) is 4.73. The van der Waals surface area contributed by atoms with Gasteiger partial charge in [-0.3, -0.25) is 9.59 Å². The van der Waals surface area contributed by atoms with Crippen molar-refractivity contribution in [3.63, 3.8) is 0 Å². The minimum absolute atomic E-state index is 0.00980. The molecule has 0 bridgehead atoms. The van der Waals surface area contributed by atoms with Gasteiger partial charge in [0.25, 0.3) is 0 Å². The molecule has 0 aromatic carbocycles. The van der Waals surface area contributed by atoms with Gasteiger partial charge in [0.1, 0.15) is 0 Å².